The average Bonchev–Trinajstić information content (AvgIpc) is 2.54. The molecular formula is C14H11BrO2. The van der Waals surface area contributed by atoms with Crippen molar-refractivity contribution in [1.82, 2.24) is 0 Å². The Hall–Kier alpha value is -1.48. The fourth-order valence-electron chi connectivity index (χ4n) is 1.92. The molecular weight excluding hydrogens is 280 g/mol. The molecule has 0 saturated carbocycles. The molecule has 0 fully saturated rings. The lowest BCUT2D eigenvalue weighted by molar-refractivity contribution is 0.235. The molecule has 1 aliphatic heterocycles. The highest BCUT2D eigenvalue weighted by molar-refractivity contribution is 9.09. The van der Waals surface area contributed by atoms with E-state index >= 15 is 0 Å². The highest BCUT2D eigenvalue weighted by atomic mass is 79.9. The van der Waals surface area contributed by atoms with Crippen LogP contribution >= 0.6 is 15.9 Å². The Bertz CT molecular complexity index is 539. The van der Waals surface area contributed by atoms with Crippen LogP contribution in [0.25, 0.3) is 0 Å². The normalized spacial score (nSPS) is 17.1. The average molecular weight is 291 g/mol. The third-order valence-corrected chi connectivity index (χ3v) is 3.33. The fourth-order valence-corrected chi connectivity index (χ4v) is 2.40. The van der Waals surface area contributed by atoms with Crippen LogP contribution in [0.4, 0.5) is 0 Å². The summed E-state index contributed by atoms with van der Waals surface area (Å²) in [6.07, 6.45) is -0.0187. The molecule has 3 heteroatoms. The van der Waals surface area contributed by atoms with Crippen LogP contribution < -0.4 is 9.47 Å². The van der Waals surface area contributed by atoms with Crippen molar-refractivity contribution in [3.05, 3.63) is 54.1 Å². The van der Waals surface area contributed by atoms with Gasteiger partial charge in [-0.3, -0.25) is 0 Å². The maximum absolute atomic E-state index is 5.96. The van der Waals surface area contributed by atoms with Crippen LogP contribution in [-0.4, -0.2) is 5.33 Å². The van der Waals surface area contributed by atoms with Crippen LogP contribution in [0, 0.1) is 0 Å². The van der Waals surface area contributed by atoms with Crippen LogP contribution in [0.15, 0.2) is 48.5 Å². The van der Waals surface area contributed by atoms with Crippen LogP contribution in [0.2, 0.25) is 0 Å². The molecule has 0 bridgehead atoms. The third kappa shape index (κ3) is 1.91. The monoisotopic (exact) mass is 290 g/mol. The molecule has 17 heavy (non-hydrogen) atoms. The smallest absolute Gasteiger partial charge is 0.169 e. The van der Waals surface area contributed by atoms with E-state index in [9.17, 15) is 0 Å². The molecule has 1 heterocycles. The SMILES string of the molecule is BrCC1Oc2ccccc2Oc2ccccc21. The number of hydrogen-bond donors (Lipinski definition) is 0. The van der Waals surface area contributed by atoms with Crippen molar-refractivity contribution >= 4 is 15.9 Å². The molecule has 0 amide bonds. The van der Waals surface area contributed by atoms with Gasteiger partial charge in [-0.1, -0.05) is 46.3 Å². The summed E-state index contributed by atoms with van der Waals surface area (Å²) in [4.78, 5) is 0. The van der Waals surface area contributed by atoms with Crippen LogP contribution in [-0.2, 0) is 0 Å². The summed E-state index contributed by atoms with van der Waals surface area (Å²) >= 11 is 3.49. The molecule has 0 N–H and O–H groups in total. The summed E-state index contributed by atoms with van der Waals surface area (Å²) in [5, 5.41) is 0.738. The predicted molar refractivity (Wildman–Crippen MR) is 70.1 cm³/mol. The van der Waals surface area contributed by atoms with Gasteiger partial charge >= 0.3 is 0 Å². The highest BCUT2D eigenvalue weighted by Crippen LogP contribution is 2.41. The lowest BCUT2D eigenvalue weighted by Gasteiger charge is -2.14. The number of rotatable bonds is 1. The number of hydrogen-bond acceptors (Lipinski definition) is 2. The first-order valence-electron chi connectivity index (χ1n) is 5.47. The number of fused-ring (bicyclic) bond motifs is 2. The van der Waals surface area contributed by atoms with Crippen molar-refractivity contribution in [1.29, 1.82) is 0 Å². The topological polar surface area (TPSA) is 18.5 Å². The molecule has 2 nitrogen and oxygen atoms in total. The van der Waals surface area contributed by atoms with Crippen molar-refractivity contribution in [2.24, 2.45) is 0 Å². The van der Waals surface area contributed by atoms with Gasteiger partial charge in [-0.25, -0.2) is 0 Å². The predicted octanol–water partition coefficient (Wildman–Crippen LogP) is 4.31. The molecule has 1 aliphatic rings. The second-order valence-corrected chi connectivity index (χ2v) is 4.49. The van der Waals surface area contributed by atoms with Crippen molar-refractivity contribution in [2.75, 3.05) is 5.33 Å². The van der Waals surface area contributed by atoms with Gasteiger partial charge in [0, 0.05) is 10.9 Å². The van der Waals surface area contributed by atoms with Crippen molar-refractivity contribution in [3.63, 3.8) is 0 Å². The fraction of sp³-hybridized carbons (Fsp3) is 0.143. The standard InChI is InChI=1S/C14H11BrO2/c15-9-14-10-5-1-2-6-11(10)16-12-7-3-4-8-13(12)17-14/h1-8,14H,9H2. The molecule has 2 aromatic rings. The van der Waals surface area contributed by atoms with Crippen LogP contribution in [0.1, 0.15) is 11.7 Å². The van der Waals surface area contributed by atoms with E-state index in [2.05, 4.69) is 15.9 Å². The van der Waals surface area contributed by atoms with Gasteiger partial charge in [0.25, 0.3) is 0 Å². The number of para-hydroxylation sites is 3. The Kier molecular flexibility index (Phi) is 2.77. The minimum Gasteiger partial charge on any atom is -0.481 e. The summed E-state index contributed by atoms with van der Waals surface area (Å²) < 4.78 is 11.8. The molecule has 0 saturated heterocycles. The summed E-state index contributed by atoms with van der Waals surface area (Å²) in [6.45, 7) is 0. The lowest BCUT2D eigenvalue weighted by atomic mass is 10.1. The van der Waals surface area contributed by atoms with Crippen LogP contribution in [0.5, 0.6) is 17.2 Å². The number of alkyl halides is 1. The zero-order chi connectivity index (χ0) is 11.7. The number of benzene rings is 2. The summed E-state index contributed by atoms with van der Waals surface area (Å²) in [6, 6.07) is 15.7. The molecule has 1 atom stereocenters. The van der Waals surface area contributed by atoms with Gasteiger partial charge < -0.3 is 9.47 Å². The van der Waals surface area contributed by atoms with Gasteiger partial charge in [-0.2, -0.15) is 0 Å². The van der Waals surface area contributed by atoms with E-state index in [1.807, 2.05) is 48.5 Å². The number of ether oxygens (including phenoxy) is 2. The summed E-state index contributed by atoms with van der Waals surface area (Å²) in [5.74, 6) is 2.42. The largest absolute Gasteiger partial charge is 0.481 e. The van der Waals surface area contributed by atoms with E-state index in [-0.39, 0.29) is 6.10 Å². The second kappa shape index (κ2) is 4.41. The maximum Gasteiger partial charge on any atom is 0.169 e. The first-order chi connectivity index (χ1) is 8.38. The van der Waals surface area contributed by atoms with Gasteiger partial charge in [-0.15, -0.1) is 0 Å². The zero-order valence-electron chi connectivity index (χ0n) is 9.10. The molecule has 0 aromatic heterocycles. The number of halogens is 1. The second-order valence-electron chi connectivity index (χ2n) is 3.85. The molecule has 0 radical (unpaired) electrons. The van der Waals surface area contributed by atoms with Crippen molar-refractivity contribution in [2.45, 2.75) is 6.10 Å². The minimum atomic E-state index is -0.0187. The molecule has 86 valence electrons. The molecule has 3 rings (SSSR count). The zero-order valence-corrected chi connectivity index (χ0v) is 10.7. The minimum absolute atomic E-state index is 0.0187. The Morgan fingerprint density at radius 3 is 2.29 bits per heavy atom. The van der Waals surface area contributed by atoms with E-state index in [0.717, 1.165) is 28.1 Å². The van der Waals surface area contributed by atoms with Gasteiger partial charge in [0.15, 0.2) is 11.5 Å². The van der Waals surface area contributed by atoms with E-state index in [1.54, 1.807) is 0 Å². The summed E-state index contributed by atoms with van der Waals surface area (Å²) in [5.41, 5.74) is 1.07. The molecule has 0 spiro atoms. The highest BCUT2D eigenvalue weighted by Gasteiger charge is 2.22. The molecule has 2 aromatic carbocycles. The Labute approximate surface area is 108 Å². The van der Waals surface area contributed by atoms with E-state index in [1.165, 1.54) is 0 Å². The molecule has 1 unspecified atom stereocenters. The van der Waals surface area contributed by atoms with Crippen LogP contribution in [0.3, 0.4) is 0 Å². The van der Waals surface area contributed by atoms with Gasteiger partial charge in [-0.05, 0) is 18.2 Å². The Morgan fingerprint density at radius 1 is 0.882 bits per heavy atom. The van der Waals surface area contributed by atoms with Gasteiger partial charge in [0.2, 0.25) is 0 Å². The van der Waals surface area contributed by atoms with E-state index in [0.29, 0.717) is 0 Å². The summed E-state index contributed by atoms with van der Waals surface area (Å²) in [7, 11) is 0. The quantitative estimate of drug-likeness (QED) is 0.729. The van der Waals surface area contributed by atoms with Crippen molar-refractivity contribution in [3.8, 4) is 17.2 Å². The lowest BCUT2D eigenvalue weighted by Crippen LogP contribution is -2.07. The van der Waals surface area contributed by atoms with E-state index in [4.69, 9.17) is 9.47 Å². The van der Waals surface area contributed by atoms with Crippen molar-refractivity contribution < 1.29 is 9.47 Å². The first-order valence-corrected chi connectivity index (χ1v) is 6.59. The first kappa shape index (κ1) is 10.7. The Morgan fingerprint density at radius 2 is 1.53 bits per heavy atom. The van der Waals surface area contributed by atoms with Gasteiger partial charge in [0.1, 0.15) is 11.9 Å². The van der Waals surface area contributed by atoms with Gasteiger partial charge in [0.05, 0.1) is 0 Å². The third-order valence-electron chi connectivity index (χ3n) is 2.74. The Balaban J connectivity index is 2.13. The maximum atomic E-state index is 5.96. The van der Waals surface area contributed by atoms with E-state index < -0.39 is 0 Å². The molecule has 0 aliphatic carbocycles.